The van der Waals surface area contributed by atoms with Crippen molar-refractivity contribution in [1.82, 2.24) is 29.6 Å². The number of nitrogens with zero attached hydrogens (tertiary/aromatic N) is 5. The highest BCUT2D eigenvalue weighted by Gasteiger charge is 2.23. The number of imidazole rings is 1. The van der Waals surface area contributed by atoms with Crippen LogP contribution in [0, 0.1) is 0 Å². The third-order valence-electron chi connectivity index (χ3n) is 4.77. The van der Waals surface area contributed by atoms with E-state index < -0.39 is 0 Å². The Hall–Kier alpha value is -3.00. The normalized spacial score (nSPS) is 17.2. The standard InChI is InChI=1S/C19H23N7O/c1-20-12-18(27)25-9-4-5-14(13-25)23-19-21-8-7-15(24-19)16-11-22-17-6-2-3-10-26(16)17/h2-3,6-8,10-11,14,20H,4-5,9,12-13H2,1H3,(H,21,23,24). The molecule has 8 nitrogen and oxygen atoms in total. The number of hydrogen-bond acceptors (Lipinski definition) is 6. The van der Waals surface area contributed by atoms with E-state index in [2.05, 4.69) is 25.6 Å². The van der Waals surface area contributed by atoms with Gasteiger partial charge in [0.2, 0.25) is 11.9 Å². The number of aromatic nitrogens is 4. The highest BCUT2D eigenvalue weighted by molar-refractivity contribution is 5.78. The van der Waals surface area contributed by atoms with Crippen molar-refractivity contribution in [3.05, 3.63) is 42.9 Å². The summed E-state index contributed by atoms with van der Waals surface area (Å²) in [6, 6.07) is 7.92. The minimum absolute atomic E-state index is 0.129. The molecule has 0 aliphatic carbocycles. The maximum Gasteiger partial charge on any atom is 0.236 e. The van der Waals surface area contributed by atoms with Gasteiger partial charge in [-0.05, 0) is 38.1 Å². The molecule has 2 N–H and O–H groups in total. The molecule has 4 rings (SSSR count). The largest absolute Gasteiger partial charge is 0.350 e. The quantitative estimate of drug-likeness (QED) is 0.711. The zero-order valence-electron chi connectivity index (χ0n) is 15.3. The fourth-order valence-electron chi connectivity index (χ4n) is 3.46. The molecule has 1 aliphatic rings. The summed E-state index contributed by atoms with van der Waals surface area (Å²) in [7, 11) is 1.79. The van der Waals surface area contributed by atoms with Gasteiger partial charge in [-0.1, -0.05) is 6.07 Å². The number of carbonyl (C=O) groups is 1. The Kier molecular flexibility index (Phi) is 4.97. The van der Waals surface area contributed by atoms with Crippen molar-refractivity contribution >= 4 is 17.5 Å². The van der Waals surface area contributed by atoms with E-state index in [1.54, 1.807) is 13.2 Å². The summed E-state index contributed by atoms with van der Waals surface area (Å²) in [5, 5.41) is 6.31. The second kappa shape index (κ2) is 7.71. The average molecular weight is 365 g/mol. The van der Waals surface area contributed by atoms with Crippen LogP contribution in [-0.4, -0.2) is 62.9 Å². The van der Waals surface area contributed by atoms with E-state index in [9.17, 15) is 4.79 Å². The summed E-state index contributed by atoms with van der Waals surface area (Å²) in [5.41, 5.74) is 2.61. The first-order chi connectivity index (χ1) is 13.2. The number of anilines is 1. The number of carbonyl (C=O) groups excluding carboxylic acids is 1. The molecule has 0 aromatic carbocycles. The Labute approximate surface area is 157 Å². The molecule has 0 radical (unpaired) electrons. The fourth-order valence-corrected chi connectivity index (χ4v) is 3.46. The Morgan fingerprint density at radius 3 is 3.11 bits per heavy atom. The lowest BCUT2D eigenvalue weighted by atomic mass is 10.1. The Morgan fingerprint density at radius 2 is 2.22 bits per heavy atom. The molecule has 1 amide bonds. The van der Waals surface area contributed by atoms with Gasteiger partial charge >= 0.3 is 0 Å². The lowest BCUT2D eigenvalue weighted by Crippen LogP contribution is -2.47. The van der Waals surface area contributed by atoms with E-state index in [0.29, 0.717) is 19.0 Å². The monoisotopic (exact) mass is 365 g/mol. The SMILES string of the molecule is CNCC(=O)N1CCCC(Nc2nccc(-c3cnc4ccccn34)n2)C1. The summed E-state index contributed by atoms with van der Waals surface area (Å²) in [4.78, 5) is 27.5. The van der Waals surface area contributed by atoms with Crippen molar-refractivity contribution in [2.45, 2.75) is 18.9 Å². The fraction of sp³-hybridized carbons (Fsp3) is 0.368. The van der Waals surface area contributed by atoms with Gasteiger partial charge in [0.15, 0.2) is 0 Å². The molecule has 1 aliphatic heterocycles. The third kappa shape index (κ3) is 3.75. The molecule has 0 saturated carbocycles. The van der Waals surface area contributed by atoms with Crippen LogP contribution < -0.4 is 10.6 Å². The Morgan fingerprint density at radius 1 is 1.30 bits per heavy atom. The van der Waals surface area contributed by atoms with E-state index in [0.717, 1.165) is 36.4 Å². The molecule has 0 spiro atoms. The van der Waals surface area contributed by atoms with Crippen LogP contribution >= 0.6 is 0 Å². The van der Waals surface area contributed by atoms with Crippen LogP contribution in [0.3, 0.4) is 0 Å². The number of piperidine rings is 1. The summed E-state index contributed by atoms with van der Waals surface area (Å²) in [6.07, 6.45) is 7.51. The average Bonchev–Trinajstić information content (AvgIpc) is 3.13. The van der Waals surface area contributed by atoms with Gasteiger partial charge in [-0.15, -0.1) is 0 Å². The first-order valence-electron chi connectivity index (χ1n) is 9.19. The van der Waals surface area contributed by atoms with Crippen molar-refractivity contribution in [3.8, 4) is 11.4 Å². The lowest BCUT2D eigenvalue weighted by Gasteiger charge is -2.33. The highest BCUT2D eigenvalue weighted by Crippen LogP contribution is 2.20. The predicted octanol–water partition coefficient (Wildman–Crippen LogP) is 1.41. The number of likely N-dealkylation sites (tertiary alicyclic amines) is 1. The summed E-state index contributed by atoms with van der Waals surface area (Å²) >= 11 is 0. The van der Waals surface area contributed by atoms with Crippen molar-refractivity contribution in [3.63, 3.8) is 0 Å². The van der Waals surface area contributed by atoms with Gasteiger partial charge in [-0.3, -0.25) is 9.20 Å². The highest BCUT2D eigenvalue weighted by atomic mass is 16.2. The van der Waals surface area contributed by atoms with Crippen LogP contribution in [0.5, 0.6) is 0 Å². The second-order valence-corrected chi connectivity index (χ2v) is 6.69. The van der Waals surface area contributed by atoms with Gasteiger partial charge in [0.25, 0.3) is 0 Å². The summed E-state index contributed by atoms with van der Waals surface area (Å²) < 4.78 is 2.00. The van der Waals surface area contributed by atoms with Crippen LogP contribution in [-0.2, 0) is 4.79 Å². The molecule has 1 fully saturated rings. The molecule has 3 aromatic rings. The van der Waals surface area contributed by atoms with Gasteiger partial charge in [0.05, 0.1) is 24.1 Å². The number of fused-ring (bicyclic) bond motifs is 1. The second-order valence-electron chi connectivity index (χ2n) is 6.69. The van der Waals surface area contributed by atoms with E-state index >= 15 is 0 Å². The van der Waals surface area contributed by atoms with Crippen molar-refractivity contribution in [2.24, 2.45) is 0 Å². The van der Waals surface area contributed by atoms with E-state index in [4.69, 9.17) is 0 Å². The van der Waals surface area contributed by atoms with E-state index in [-0.39, 0.29) is 11.9 Å². The molecule has 4 heterocycles. The van der Waals surface area contributed by atoms with E-state index in [1.165, 1.54) is 0 Å². The molecule has 1 atom stereocenters. The van der Waals surface area contributed by atoms with Crippen LogP contribution in [0.2, 0.25) is 0 Å². The van der Waals surface area contributed by atoms with Gasteiger partial charge in [0.1, 0.15) is 5.65 Å². The van der Waals surface area contributed by atoms with Crippen LogP contribution in [0.25, 0.3) is 17.0 Å². The number of nitrogens with one attached hydrogen (secondary N) is 2. The minimum Gasteiger partial charge on any atom is -0.350 e. The zero-order valence-corrected chi connectivity index (χ0v) is 15.3. The van der Waals surface area contributed by atoms with Gasteiger partial charge < -0.3 is 15.5 Å². The Bertz CT molecular complexity index is 938. The number of rotatable bonds is 5. The molecular weight excluding hydrogens is 342 g/mol. The first kappa shape index (κ1) is 17.4. The number of pyridine rings is 1. The zero-order chi connectivity index (χ0) is 18.6. The number of hydrogen-bond donors (Lipinski definition) is 2. The predicted molar refractivity (Wildman–Crippen MR) is 103 cm³/mol. The van der Waals surface area contributed by atoms with Crippen molar-refractivity contribution < 1.29 is 4.79 Å². The molecule has 140 valence electrons. The number of amides is 1. The molecule has 1 saturated heterocycles. The lowest BCUT2D eigenvalue weighted by molar-refractivity contribution is -0.131. The number of likely N-dealkylation sites (N-methyl/N-ethyl adjacent to an activating group) is 1. The summed E-state index contributed by atoms with van der Waals surface area (Å²) in [5.74, 6) is 0.704. The third-order valence-corrected chi connectivity index (χ3v) is 4.77. The molecule has 3 aromatic heterocycles. The van der Waals surface area contributed by atoms with Gasteiger partial charge in [-0.2, -0.15) is 0 Å². The minimum atomic E-state index is 0.129. The van der Waals surface area contributed by atoms with Gasteiger partial charge in [-0.25, -0.2) is 15.0 Å². The smallest absolute Gasteiger partial charge is 0.236 e. The molecule has 1 unspecified atom stereocenters. The van der Waals surface area contributed by atoms with Crippen molar-refractivity contribution in [1.29, 1.82) is 0 Å². The van der Waals surface area contributed by atoms with E-state index in [1.807, 2.05) is 46.0 Å². The molecule has 0 bridgehead atoms. The maximum absolute atomic E-state index is 12.1. The van der Waals surface area contributed by atoms with Crippen LogP contribution in [0.4, 0.5) is 5.95 Å². The molecule has 8 heteroatoms. The van der Waals surface area contributed by atoms with Crippen molar-refractivity contribution in [2.75, 3.05) is 32.0 Å². The summed E-state index contributed by atoms with van der Waals surface area (Å²) in [6.45, 7) is 1.85. The Balaban J connectivity index is 1.50. The maximum atomic E-state index is 12.1. The molecule has 27 heavy (non-hydrogen) atoms. The first-order valence-corrected chi connectivity index (χ1v) is 9.19. The van der Waals surface area contributed by atoms with Gasteiger partial charge in [0, 0.05) is 31.5 Å². The van der Waals surface area contributed by atoms with Crippen LogP contribution in [0.1, 0.15) is 12.8 Å². The topological polar surface area (TPSA) is 87.5 Å². The van der Waals surface area contributed by atoms with Crippen LogP contribution in [0.15, 0.2) is 42.9 Å². The molecular formula is C19H23N7O.